The van der Waals surface area contributed by atoms with Gasteiger partial charge in [0.05, 0.1) is 84.7 Å². The van der Waals surface area contributed by atoms with Crippen LogP contribution < -0.4 is 0 Å². The summed E-state index contributed by atoms with van der Waals surface area (Å²) < 4.78 is 9.17. The van der Waals surface area contributed by atoms with Crippen LogP contribution in [-0.2, 0) is 0 Å². The average molecular weight is 969 g/mol. The number of aromatic nitrogens is 7. The van der Waals surface area contributed by atoms with Crippen LogP contribution in [0.3, 0.4) is 0 Å². The van der Waals surface area contributed by atoms with Crippen LogP contribution in [0.5, 0.6) is 0 Å². The molecular weight excluding hydrogens is 933 g/mol. The van der Waals surface area contributed by atoms with Crippen molar-refractivity contribution in [3.05, 3.63) is 235 Å². The molecule has 0 aliphatic heterocycles. The van der Waals surface area contributed by atoms with Crippen molar-refractivity contribution in [3.8, 4) is 64.0 Å². The third-order valence-corrected chi connectivity index (χ3v) is 14.8. The van der Waals surface area contributed by atoms with Crippen LogP contribution in [0, 0.1) is 34.0 Å². The number of hydrogen-bond acceptors (Lipinski definition) is 6. The Bertz CT molecular complexity index is 4940. The standard InChI is InChI=1S/C66H36N10/c67-37-40-28-31-55-49(34-40)50-35-41(38-68)29-32-56(50)76(55)66-71-64(43-16-4-1-5-17-43)70-65(72-66)51-36-42(39-69)30-33-57(51)75-54-27-15-12-24-48(54)60-62-58(46-22-10-13-25-52(46)73(62)44-18-6-2-7-19-44)61-59(63(60)75)47-23-11-14-26-53(47)74(61)45-20-8-3-9-21-45/h1-36H. The second kappa shape index (κ2) is 16.5. The highest BCUT2D eigenvalue weighted by Gasteiger charge is 2.30. The molecule has 15 aromatic rings. The molecule has 10 aromatic carbocycles. The van der Waals surface area contributed by atoms with Crippen LogP contribution in [0.25, 0.3) is 133 Å². The van der Waals surface area contributed by atoms with E-state index in [4.69, 9.17) is 15.0 Å². The number of hydrogen-bond donors (Lipinski definition) is 0. The van der Waals surface area contributed by atoms with Gasteiger partial charge in [0, 0.05) is 65.6 Å². The van der Waals surface area contributed by atoms with Crippen LogP contribution in [0.15, 0.2) is 218 Å². The van der Waals surface area contributed by atoms with E-state index in [1.54, 1.807) is 12.1 Å². The average Bonchev–Trinajstić information content (AvgIpc) is 4.39. The van der Waals surface area contributed by atoms with Crippen molar-refractivity contribution in [1.82, 2.24) is 33.2 Å². The zero-order valence-electron chi connectivity index (χ0n) is 40.3. The van der Waals surface area contributed by atoms with Gasteiger partial charge in [-0.25, -0.2) is 4.98 Å². The van der Waals surface area contributed by atoms with Crippen molar-refractivity contribution in [2.75, 3.05) is 0 Å². The number of rotatable bonds is 6. The maximum Gasteiger partial charge on any atom is 0.238 e. The minimum atomic E-state index is 0.330. The van der Waals surface area contributed by atoms with Crippen molar-refractivity contribution < 1.29 is 0 Å². The van der Waals surface area contributed by atoms with E-state index in [0.29, 0.717) is 39.9 Å². The summed E-state index contributed by atoms with van der Waals surface area (Å²) in [6.07, 6.45) is 0. The minimum Gasteiger partial charge on any atom is -0.308 e. The van der Waals surface area contributed by atoms with Crippen molar-refractivity contribution in [2.45, 2.75) is 0 Å². The molecule has 76 heavy (non-hydrogen) atoms. The number of nitrogens with zero attached hydrogens (tertiary/aromatic N) is 10. The first-order chi connectivity index (χ1) is 37.6. The fourth-order valence-electron chi connectivity index (χ4n) is 11.7. The summed E-state index contributed by atoms with van der Waals surface area (Å²) in [7, 11) is 0. The molecule has 15 rings (SSSR count). The summed E-state index contributed by atoms with van der Waals surface area (Å²) in [5, 5.41) is 39.0. The molecule has 0 amide bonds. The molecule has 0 spiro atoms. The summed E-state index contributed by atoms with van der Waals surface area (Å²) in [5.41, 5.74) is 13.4. The quantitative estimate of drug-likeness (QED) is 0.163. The van der Waals surface area contributed by atoms with Gasteiger partial charge in [-0.05, 0) is 97.1 Å². The Morgan fingerprint density at radius 3 is 1.21 bits per heavy atom. The first kappa shape index (κ1) is 42.6. The highest BCUT2D eigenvalue weighted by Crippen LogP contribution is 2.51. The molecule has 0 atom stereocenters. The molecular formula is C66H36N10. The van der Waals surface area contributed by atoms with Gasteiger partial charge in [0.1, 0.15) is 0 Å². The first-order valence-electron chi connectivity index (χ1n) is 24.9. The summed E-state index contributed by atoms with van der Waals surface area (Å²) >= 11 is 0. The second-order valence-electron chi connectivity index (χ2n) is 18.9. The zero-order chi connectivity index (χ0) is 50.6. The van der Waals surface area contributed by atoms with Gasteiger partial charge in [-0.3, -0.25) is 4.57 Å². The fraction of sp³-hybridized carbons (Fsp3) is 0. The molecule has 0 unspecified atom stereocenters. The Kier molecular flexibility index (Phi) is 9.21. The van der Waals surface area contributed by atoms with Crippen molar-refractivity contribution >= 4 is 87.2 Å². The molecule has 10 nitrogen and oxygen atoms in total. The maximum atomic E-state index is 10.8. The normalized spacial score (nSPS) is 11.6. The lowest BCUT2D eigenvalue weighted by Gasteiger charge is -2.17. The smallest absolute Gasteiger partial charge is 0.238 e. The summed E-state index contributed by atoms with van der Waals surface area (Å²) in [6, 6.07) is 80.9. The molecule has 0 N–H and O–H groups in total. The van der Waals surface area contributed by atoms with E-state index in [9.17, 15) is 15.8 Å². The molecule has 5 aromatic heterocycles. The lowest BCUT2D eigenvalue weighted by atomic mass is 10.0. The maximum absolute atomic E-state index is 10.8. The molecule has 5 heterocycles. The highest BCUT2D eigenvalue weighted by molar-refractivity contribution is 6.40. The van der Waals surface area contributed by atoms with Gasteiger partial charge in [-0.1, -0.05) is 121 Å². The molecule has 0 aliphatic rings. The van der Waals surface area contributed by atoms with E-state index >= 15 is 0 Å². The number of para-hydroxylation sites is 5. The van der Waals surface area contributed by atoms with Crippen molar-refractivity contribution in [1.29, 1.82) is 15.8 Å². The first-order valence-corrected chi connectivity index (χ1v) is 24.9. The third kappa shape index (κ3) is 6.09. The Balaban J connectivity index is 1.14. The molecule has 0 saturated heterocycles. The number of nitriles is 3. The predicted molar refractivity (Wildman–Crippen MR) is 302 cm³/mol. The summed E-state index contributed by atoms with van der Waals surface area (Å²) in [4.78, 5) is 16.0. The van der Waals surface area contributed by atoms with Crippen LogP contribution >= 0.6 is 0 Å². The van der Waals surface area contributed by atoms with Crippen LogP contribution in [0.4, 0.5) is 0 Å². The Morgan fingerprint density at radius 1 is 0.316 bits per heavy atom. The monoisotopic (exact) mass is 968 g/mol. The topological polar surface area (TPSA) is 130 Å². The molecule has 350 valence electrons. The summed E-state index contributed by atoms with van der Waals surface area (Å²) in [6.45, 7) is 0. The Hall–Kier alpha value is -11.1. The number of fused-ring (bicyclic) bond motifs is 15. The van der Waals surface area contributed by atoms with Gasteiger partial charge >= 0.3 is 0 Å². The van der Waals surface area contributed by atoms with Crippen LogP contribution in [0.2, 0.25) is 0 Å². The number of benzene rings is 10. The van der Waals surface area contributed by atoms with E-state index in [2.05, 4.69) is 165 Å². The zero-order valence-corrected chi connectivity index (χ0v) is 40.3. The third-order valence-electron chi connectivity index (χ3n) is 14.8. The largest absolute Gasteiger partial charge is 0.308 e. The molecule has 0 aliphatic carbocycles. The van der Waals surface area contributed by atoms with Crippen LogP contribution in [0.1, 0.15) is 16.7 Å². The van der Waals surface area contributed by atoms with Crippen LogP contribution in [-0.4, -0.2) is 33.2 Å². The highest BCUT2D eigenvalue weighted by atomic mass is 15.2. The molecule has 0 saturated carbocycles. The van der Waals surface area contributed by atoms with E-state index in [-0.39, 0.29) is 0 Å². The van der Waals surface area contributed by atoms with Gasteiger partial charge < -0.3 is 13.7 Å². The summed E-state index contributed by atoms with van der Waals surface area (Å²) in [5.74, 6) is 1.11. The van der Waals surface area contributed by atoms with Gasteiger partial charge in [-0.15, -0.1) is 0 Å². The minimum absolute atomic E-state index is 0.330. The second-order valence-corrected chi connectivity index (χ2v) is 18.9. The van der Waals surface area contributed by atoms with E-state index in [0.717, 1.165) is 110 Å². The fourth-order valence-corrected chi connectivity index (χ4v) is 11.7. The van der Waals surface area contributed by atoms with Gasteiger partial charge in [-0.2, -0.15) is 25.8 Å². The molecule has 0 bridgehead atoms. The SMILES string of the molecule is N#Cc1ccc(-n2c3ccccc3c3c4c(c5ccccc5n4-c4ccccc4)c4c(c5ccccc5n4-c4ccccc4)c32)c(-c2nc(-c3ccccc3)nc(-n3c4ccc(C#N)cc4c4cc(C#N)ccc43)n2)c1. The van der Waals surface area contributed by atoms with E-state index < -0.39 is 0 Å². The van der Waals surface area contributed by atoms with Crippen molar-refractivity contribution in [3.63, 3.8) is 0 Å². The molecule has 10 heteroatoms. The molecule has 0 fully saturated rings. The van der Waals surface area contributed by atoms with Gasteiger partial charge in [0.25, 0.3) is 0 Å². The predicted octanol–water partition coefficient (Wildman–Crippen LogP) is 15.2. The van der Waals surface area contributed by atoms with E-state index in [1.807, 2.05) is 77.4 Å². The lowest BCUT2D eigenvalue weighted by molar-refractivity contribution is 0.951. The van der Waals surface area contributed by atoms with Gasteiger partial charge in [0.2, 0.25) is 5.95 Å². The molecule has 0 radical (unpaired) electrons. The van der Waals surface area contributed by atoms with Crippen molar-refractivity contribution in [2.24, 2.45) is 0 Å². The van der Waals surface area contributed by atoms with Gasteiger partial charge in [0.15, 0.2) is 11.6 Å². The van der Waals surface area contributed by atoms with E-state index in [1.165, 1.54) is 0 Å². The Labute approximate surface area is 433 Å². The Morgan fingerprint density at radius 2 is 0.711 bits per heavy atom. The lowest BCUT2D eigenvalue weighted by Crippen LogP contribution is -2.08.